The fraction of sp³-hybridized carbons (Fsp3) is 0.467. The van der Waals surface area contributed by atoms with E-state index < -0.39 is 0 Å². The molecule has 92 valence electrons. The Morgan fingerprint density at radius 2 is 2.18 bits per heavy atom. The molecule has 0 nitrogen and oxygen atoms in total. The van der Waals surface area contributed by atoms with Crippen LogP contribution in [0.25, 0.3) is 0 Å². The van der Waals surface area contributed by atoms with E-state index in [4.69, 9.17) is 11.6 Å². The van der Waals surface area contributed by atoms with Crippen molar-refractivity contribution in [2.75, 3.05) is 0 Å². The molecule has 2 heteroatoms. The number of rotatable bonds is 2. The fourth-order valence-corrected chi connectivity index (χ4v) is 3.66. The van der Waals surface area contributed by atoms with Crippen LogP contribution in [0.5, 0.6) is 0 Å². The Morgan fingerprint density at radius 1 is 1.41 bits per heavy atom. The third kappa shape index (κ3) is 3.86. The van der Waals surface area contributed by atoms with Crippen LogP contribution in [0, 0.1) is 5.41 Å². The Hall–Kier alpha value is -0.270. The van der Waals surface area contributed by atoms with Gasteiger partial charge in [0.15, 0.2) is 0 Å². The molecule has 1 aromatic rings. The number of halogens is 2. The van der Waals surface area contributed by atoms with E-state index >= 15 is 0 Å². The zero-order valence-corrected chi connectivity index (χ0v) is 12.7. The van der Waals surface area contributed by atoms with E-state index in [1.54, 1.807) is 0 Å². The van der Waals surface area contributed by atoms with Crippen LogP contribution >= 0.6 is 27.5 Å². The van der Waals surface area contributed by atoms with E-state index in [0.29, 0.717) is 5.41 Å². The minimum Gasteiger partial charge on any atom is -0.118 e. The van der Waals surface area contributed by atoms with Gasteiger partial charge in [0.25, 0.3) is 0 Å². The maximum atomic E-state index is 6.31. The van der Waals surface area contributed by atoms with Gasteiger partial charge >= 0.3 is 0 Å². The number of alkyl halides is 1. The van der Waals surface area contributed by atoms with Crippen LogP contribution in [0.1, 0.15) is 32.3 Å². The van der Waals surface area contributed by atoms with Crippen LogP contribution in [0.4, 0.5) is 0 Å². The molecule has 0 aliphatic heterocycles. The van der Waals surface area contributed by atoms with Crippen LogP contribution in [-0.4, -0.2) is 5.38 Å². The number of hydrogen-bond donors (Lipinski definition) is 0. The maximum absolute atomic E-state index is 6.31. The van der Waals surface area contributed by atoms with Gasteiger partial charge in [0, 0.05) is 4.47 Å². The number of hydrogen-bond acceptors (Lipinski definition) is 0. The van der Waals surface area contributed by atoms with E-state index in [0.717, 1.165) is 23.7 Å². The molecule has 1 aliphatic rings. The fourth-order valence-electron chi connectivity index (χ4n) is 2.62. The van der Waals surface area contributed by atoms with Gasteiger partial charge in [-0.2, -0.15) is 0 Å². The van der Waals surface area contributed by atoms with E-state index in [-0.39, 0.29) is 5.38 Å². The summed E-state index contributed by atoms with van der Waals surface area (Å²) in [5, 5.41) is 0.195. The van der Waals surface area contributed by atoms with Crippen LogP contribution < -0.4 is 0 Å². The summed E-state index contributed by atoms with van der Waals surface area (Å²) >= 11 is 9.82. The quantitative estimate of drug-likeness (QED) is 0.510. The second-order valence-corrected chi connectivity index (χ2v) is 7.17. The van der Waals surface area contributed by atoms with Gasteiger partial charge in [-0.1, -0.05) is 53.6 Å². The van der Waals surface area contributed by atoms with Crippen LogP contribution in [0.3, 0.4) is 0 Å². The molecule has 0 spiro atoms. The Bertz CT molecular complexity index is 434. The van der Waals surface area contributed by atoms with Crippen molar-refractivity contribution in [1.29, 1.82) is 0 Å². The molecule has 0 saturated heterocycles. The monoisotopic (exact) mass is 312 g/mol. The van der Waals surface area contributed by atoms with Crippen molar-refractivity contribution in [3.8, 4) is 0 Å². The molecule has 0 N–H and O–H groups in total. The Morgan fingerprint density at radius 3 is 2.82 bits per heavy atom. The molecule has 17 heavy (non-hydrogen) atoms. The van der Waals surface area contributed by atoms with Crippen molar-refractivity contribution in [3.05, 3.63) is 46.0 Å². The van der Waals surface area contributed by atoms with Gasteiger partial charge in [0.05, 0.1) is 5.38 Å². The highest BCUT2D eigenvalue weighted by molar-refractivity contribution is 9.10. The minimum absolute atomic E-state index is 0.195. The van der Waals surface area contributed by atoms with Crippen LogP contribution in [-0.2, 0) is 6.42 Å². The lowest BCUT2D eigenvalue weighted by molar-refractivity contribution is 0.320. The van der Waals surface area contributed by atoms with Crippen molar-refractivity contribution in [1.82, 2.24) is 0 Å². The summed E-state index contributed by atoms with van der Waals surface area (Å²) in [7, 11) is 0. The molecule has 0 saturated carbocycles. The predicted octanol–water partition coefficient (Wildman–Crippen LogP) is 5.35. The molecule has 0 radical (unpaired) electrons. The first kappa shape index (κ1) is 13.2. The first-order chi connectivity index (χ1) is 7.94. The summed E-state index contributed by atoms with van der Waals surface area (Å²) in [5.74, 6) is 0. The zero-order chi connectivity index (χ0) is 12.5. The molecule has 1 aliphatic carbocycles. The molecule has 0 fully saturated rings. The Labute approximate surface area is 117 Å². The zero-order valence-electron chi connectivity index (χ0n) is 10.3. The normalized spacial score (nSPS) is 23.3. The van der Waals surface area contributed by atoms with E-state index in [9.17, 15) is 0 Å². The minimum atomic E-state index is 0.195. The van der Waals surface area contributed by atoms with E-state index in [1.165, 1.54) is 11.1 Å². The van der Waals surface area contributed by atoms with Gasteiger partial charge in [0.1, 0.15) is 0 Å². The molecular formula is C15H18BrCl. The number of benzene rings is 1. The second kappa shape index (κ2) is 5.16. The maximum Gasteiger partial charge on any atom is 0.0523 e. The molecule has 1 atom stereocenters. The van der Waals surface area contributed by atoms with Crippen molar-refractivity contribution in [3.63, 3.8) is 0 Å². The van der Waals surface area contributed by atoms with Crippen molar-refractivity contribution < 1.29 is 0 Å². The third-order valence-corrected chi connectivity index (χ3v) is 3.96. The highest BCUT2D eigenvalue weighted by Gasteiger charge is 2.27. The molecular weight excluding hydrogens is 296 g/mol. The average Bonchev–Trinajstić information content (AvgIpc) is 2.13. The molecule has 0 aromatic heterocycles. The van der Waals surface area contributed by atoms with Gasteiger partial charge in [0.2, 0.25) is 0 Å². The predicted molar refractivity (Wildman–Crippen MR) is 78.6 cm³/mol. The average molecular weight is 314 g/mol. The van der Waals surface area contributed by atoms with Gasteiger partial charge in [-0.3, -0.25) is 0 Å². The van der Waals surface area contributed by atoms with E-state index in [1.807, 2.05) is 0 Å². The lowest BCUT2D eigenvalue weighted by atomic mass is 9.76. The van der Waals surface area contributed by atoms with Gasteiger partial charge < -0.3 is 0 Å². The molecule has 1 aromatic carbocycles. The third-order valence-electron chi connectivity index (χ3n) is 3.19. The van der Waals surface area contributed by atoms with Gasteiger partial charge in [-0.15, -0.1) is 11.6 Å². The summed E-state index contributed by atoms with van der Waals surface area (Å²) in [6.45, 7) is 4.60. The lowest BCUT2D eigenvalue weighted by Gasteiger charge is -2.32. The lowest BCUT2D eigenvalue weighted by Crippen LogP contribution is -2.22. The smallest absolute Gasteiger partial charge is 0.0523 e. The Kier molecular flexibility index (Phi) is 3.99. The first-order valence-electron chi connectivity index (χ1n) is 6.03. The van der Waals surface area contributed by atoms with Gasteiger partial charge in [-0.25, -0.2) is 0 Å². The summed E-state index contributed by atoms with van der Waals surface area (Å²) < 4.78 is 1.15. The van der Waals surface area contributed by atoms with Crippen LogP contribution in [0.2, 0.25) is 0 Å². The van der Waals surface area contributed by atoms with Crippen LogP contribution in [0.15, 0.2) is 40.4 Å². The number of allylic oxidation sites excluding steroid dienone is 2. The Balaban J connectivity index is 2.14. The standard InChI is InChI=1S/C15H18BrCl/c1-15(2)9-12(8-14(17)10-15)6-11-4-3-5-13(16)7-11/h3-5,7-8,14H,6,9-10H2,1-2H3. The molecule has 0 bridgehead atoms. The van der Waals surface area contributed by atoms with E-state index in [2.05, 4.69) is 60.1 Å². The topological polar surface area (TPSA) is 0 Å². The molecule has 0 heterocycles. The summed E-state index contributed by atoms with van der Waals surface area (Å²) in [6, 6.07) is 8.52. The molecule has 0 amide bonds. The van der Waals surface area contributed by atoms with Crippen molar-refractivity contribution >= 4 is 27.5 Å². The van der Waals surface area contributed by atoms with Crippen molar-refractivity contribution in [2.24, 2.45) is 5.41 Å². The summed E-state index contributed by atoms with van der Waals surface area (Å²) in [4.78, 5) is 0. The summed E-state index contributed by atoms with van der Waals surface area (Å²) in [6.07, 6.45) is 5.50. The largest absolute Gasteiger partial charge is 0.118 e. The van der Waals surface area contributed by atoms with Crippen molar-refractivity contribution in [2.45, 2.75) is 38.5 Å². The highest BCUT2D eigenvalue weighted by atomic mass is 79.9. The molecule has 1 unspecified atom stereocenters. The highest BCUT2D eigenvalue weighted by Crippen LogP contribution is 2.38. The first-order valence-corrected chi connectivity index (χ1v) is 7.26. The summed E-state index contributed by atoms with van der Waals surface area (Å²) in [5.41, 5.74) is 3.16. The second-order valence-electron chi connectivity index (χ2n) is 5.69. The molecule has 2 rings (SSSR count). The SMILES string of the molecule is CC1(C)CC(Cc2cccc(Br)c2)=CC(Cl)C1. The van der Waals surface area contributed by atoms with Gasteiger partial charge in [-0.05, 0) is 42.4 Å².